The second-order valence-electron chi connectivity index (χ2n) is 4.36. The maximum absolute atomic E-state index is 4.41. The molecule has 0 spiro atoms. The van der Waals surface area contributed by atoms with Crippen LogP contribution in [-0.2, 0) is 0 Å². The van der Waals surface area contributed by atoms with Crippen LogP contribution >= 0.6 is 0 Å². The Morgan fingerprint density at radius 3 is 2.56 bits per heavy atom. The van der Waals surface area contributed by atoms with Crippen LogP contribution in [0.4, 0.5) is 5.82 Å². The van der Waals surface area contributed by atoms with Crippen molar-refractivity contribution in [1.82, 2.24) is 4.98 Å². The van der Waals surface area contributed by atoms with E-state index in [0.717, 1.165) is 18.1 Å². The molecule has 0 aromatic carbocycles. The van der Waals surface area contributed by atoms with Crippen molar-refractivity contribution in [2.75, 3.05) is 11.9 Å². The van der Waals surface area contributed by atoms with E-state index in [1.165, 1.54) is 38.5 Å². The van der Waals surface area contributed by atoms with Crippen LogP contribution in [0.3, 0.4) is 0 Å². The van der Waals surface area contributed by atoms with Crippen molar-refractivity contribution in [3.8, 4) is 0 Å². The summed E-state index contributed by atoms with van der Waals surface area (Å²) < 4.78 is 0. The highest BCUT2D eigenvalue weighted by atomic mass is 15.0. The van der Waals surface area contributed by atoms with Crippen molar-refractivity contribution in [1.29, 1.82) is 0 Å². The summed E-state index contributed by atoms with van der Waals surface area (Å²) in [5.41, 5.74) is 1.08. The van der Waals surface area contributed by atoms with Gasteiger partial charge >= 0.3 is 0 Å². The Labute approximate surface area is 99.5 Å². The summed E-state index contributed by atoms with van der Waals surface area (Å²) in [5.74, 6) is 1.01. The lowest BCUT2D eigenvalue weighted by molar-refractivity contribution is 0.617. The molecule has 0 aliphatic rings. The molecule has 90 valence electrons. The summed E-state index contributed by atoms with van der Waals surface area (Å²) in [6.45, 7) is 5.32. The number of aryl methyl sites for hydroxylation is 1. The topological polar surface area (TPSA) is 24.9 Å². The fourth-order valence-corrected chi connectivity index (χ4v) is 1.76. The molecular weight excluding hydrogens is 196 g/mol. The van der Waals surface area contributed by atoms with Gasteiger partial charge in [0.2, 0.25) is 0 Å². The predicted molar refractivity (Wildman–Crippen MR) is 70.8 cm³/mol. The first kappa shape index (κ1) is 13.0. The lowest BCUT2D eigenvalue weighted by Gasteiger charge is -2.05. The monoisotopic (exact) mass is 220 g/mol. The molecule has 0 saturated carbocycles. The fraction of sp³-hybridized carbons (Fsp3) is 0.643. The molecule has 0 bridgehead atoms. The second-order valence-corrected chi connectivity index (χ2v) is 4.36. The molecule has 2 nitrogen and oxygen atoms in total. The molecule has 0 amide bonds. The Morgan fingerprint density at radius 1 is 1.06 bits per heavy atom. The molecule has 2 heteroatoms. The minimum absolute atomic E-state index is 1.01. The summed E-state index contributed by atoms with van der Waals surface area (Å²) in [6.07, 6.45) is 8.05. The maximum atomic E-state index is 4.41. The van der Waals surface area contributed by atoms with E-state index in [4.69, 9.17) is 0 Å². The molecule has 0 saturated heterocycles. The average Bonchev–Trinajstić information content (AvgIpc) is 2.28. The number of aromatic nitrogens is 1. The summed E-state index contributed by atoms with van der Waals surface area (Å²) in [4.78, 5) is 4.41. The summed E-state index contributed by atoms with van der Waals surface area (Å²) in [5, 5.41) is 3.37. The van der Waals surface area contributed by atoms with Crippen molar-refractivity contribution in [3.63, 3.8) is 0 Å². The fourth-order valence-electron chi connectivity index (χ4n) is 1.76. The van der Waals surface area contributed by atoms with Crippen LogP contribution in [0.15, 0.2) is 18.2 Å². The zero-order valence-electron chi connectivity index (χ0n) is 10.6. The summed E-state index contributed by atoms with van der Waals surface area (Å²) >= 11 is 0. The number of unbranched alkanes of at least 4 members (excludes halogenated alkanes) is 5. The molecule has 0 atom stereocenters. The highest BCUT2D eigenvalue weighted by Crippen LogP contribution is 2.07. The van der Waals surface area contributed by atoms with E-state index in [1.54, 1.807) is 0 Å². The van der Waals surface area contributed by atoms with Crippen molar-refractivity contribution in [2.24, 2.45) is 0 Å². The number of pyridine rings is 1. The van der Waals surface area contributed by atoms with Crippen molar-refractivity contribution in [3.05, 3.63) is 23.9 Å². The maximum Gasteiger partial charge on any atom is 0.126 e. The van der Waals surface area contributed by atoms with Gasteiger partial charge in [-0.2, -0.15) is 0 Å². The number of anilines is 1. The lowest BCUT2D eigenvalue weighted by Crippen LogP contribution is -2.03. The Hall–Kier alpha value is -1.05. The summed E-state index contributed by atoms with van der Waals surface area (Å²) in [6, 6.07) is 6.10. The highest BCUT2D eigenvalue weighted by Gasteiger charge is 1.93. The van der Waals surface area contributed by atoms with E-state index in [1.807, 2.05) is 25.1 Å². The van der Waals surface area contributed by atoms with Gasteiger partial charge in [0.15, 0.2) is 0 Å². The Bertz CT molecular complexity index is 284. The molecule has 1 aromatic heterocycles. The third kappa shape index (κ3) is 5.74. The Morgan fingerprint density at radius 2 is 1.81 bits per heavy atom. The molecule has 1 N–H and O–H groups in total. The molecule has 0 radical (unpaired) electrons. The molecule has 1 aromatic rings. The Balaban J connectivity index is 2.03. The standard InChI is InChI=1S/C14H24N2/c1-3-4-5-6-7-8-12-15-14-11-9-10-13(2)16-14/h9-11H,3-8,12H2,1-2H3,(H,15,16). The lowest BCUT2D eigenvalue weighted by atomic mass is 10.1. The van der Waals surface area contributed by atoms with Gasteiger partial charge in [0.25, 0.3) is 0 Å². The minimum Gasteiger partial charge on any atom is -0.370 e. The summed E-state index contributed by atoms with van der Waals surface area (Å²) in [7, 11) is 0. The van der Waals surface area contributed by atoms with E-state index in [2.05, 4.69) is 17.2 Å². The van der Waals surface area contributed by atoms with Gasteiger partial charge in [-0.25, -0.2) is 4.98 Å². The molecular formula is C14H24N2. The number of hydrogen-bond donors (Lipinski definition) is 1. The van der Waals surface area contributed by atoms with Crippen molar-refractivity contribution >= 4 is 5.82 Å². The van der Waals surface area contributed by atoms with Gasteiger partial charge in [-0.05, 0) is 25.5 Å². The third-order valence-corrected chi connectivity index (χ3v) is 2.72. The van der Waals surface area contributed by atoms with E-state index < -0.39 is 0 Å². The smallest absolute Gasteiger partial charge is 0.126 e. The first-order valence-corrected chi connectivity index (χ1v) is 6.50. The molecule has 1 heterocycles. The minimum atomic E-state index is 1.01. The van der Waals surface area contributed by atoms with Crippen LogP contribution in [0.25, 0.3) is 0 Å². The van der Waals surface area contributed by atoms with Crippen LogP contribution in [0.5, 0.6) is 0 Å². The zero-order chi connectivity index (χ0) is 11.6. The SMILES string of the molecule is CCCCCCCCNc1cccc(C)n1. The Kier molecular flexibility index (Phi) is 6.62. The highest BCUT2D eigenvalue weighted by molar-refractivity contribution is 5.34. The third-order valence-electron chi connectivity index (χ3n) is 2.72. The quantitative estimate of drug-likeness (QED) is 0.665. The molecule has 1 rings (SSSR count). The van der Waals surface area contributed by atoms with Gasteiger partial charge in [-0.15, -0.1) is 0 Å². The van der Waals surface area contributed by atoms with Crippen molar-refractivity contribution < 1.29 is 0 Å². The van der Waals surface area contributed by atoms with E-state index in [9.17, 15) is 0 Å². The van der Waals surface area contributed by atoms with Gasteiger partial charge < -0.3 is 5.32 Å². The number of nitrogens with one attached hydrogen (secondary N) is 1. The second kappa shape index (κ2) is 8.14. The molecule has 0 fully saturated rings. The first-order chi connectivity index (χ1) is 7.83. The predicted octanol–water partition coefficient (Wildman–Crippen LogP) is 4.16. The van der Waals surface area contributed by atoms with E-state index in [-0.39, 0.29) is 0 Å². The van der Waals surface area contributed by atoms with E-state index in [0.29, 0.717) is 0 Å². The largest absolute Gasteiger partial charge is 0.370 e. The molecule has 0 unspecified atom stereocenters. The van der Waals surface area contributed by atoms with Gasteiger partial charge in [0.1, 0.15) is 5.82 Å². The first-order valence-electron chi connectivity index (χ1n) is 6.50. The van der Waals surface area contributed by atoms with E-state index >= 15 is 0 Å². The van der Waals surface area contributed by atoms with Crippen LogP contribution < -0.4 is 5.32 Å². The van der Waals surface area contributed by atoms with Crippen LogP contribution in [0, 0.1) is 6.92 Å². The molecule has 0 aliphatic heterocycles. The zero-order valence-corrected chi connectivity index (χ0v) is 10.6. The van der Waals surface area contributed by atoms with Crippen LogP contribution in [0.2, 0.25) is 0 Å². The number of nitrogens with zero attached hydrogens (tertiary/aromatic N) is 1. The van der Waals surface area contributed by atoms with Crippen LogP contribution in [-0.4, -0.2) is 11.5 Å². The van der Waals surface area contributed by atoms with Gasteiger partial charge in [0.05, 0.1) is 0 Å². The normalized spacial score (nSPS) is 10.4. The number of rotatable bonds is 8. The average molecular weight is 220 g/mol. The number of hydrogen-bond acceptors (Lipinski definition) is 2. The van der Waals surface area contributed by atoms with Gasteiger partial charge in [-0.1, -0.05) is 45.1 Å². The van der Waals surface area contributed by atoms with Gasteiger partial charge in [-0.3, -0.25) is 0 Å². The van der Waals surface area contributed by atoms with Gasteiger partial charge in [0, 0.05) is 12.2 Å². The van der Waals surface area contributed by atoms with Crippen molar-refractivity contribution in [2.45, 2.75) is 52.4 Å². The molecule has 0 aliphatic carbocycles. The molecule has 16 heavy (non-hydrogen) atoms. The van der Waals surface area contributed by atoms with Crippen LogP contribution in [0.1, 0.15) is 51.1 Å².